The molecule has 2 heterocycles. The van der Waals surface area contributed by atoms with Gasteiger partial charge in [-0.05, 0) is 6.07 Å². The number of furan rings is 1. The number of sulfone groups is 1. The van der Waals surface area contributed by atoms with Gasteiger partial charge in [0, 0.05) is 24.2 Å². The molecule has 0 N–H and O–H groups in total. The minimum atomic E-state index is -3.40. The number of nitrogens with zero attached hydrogens (tertiary/aromatic N) is 1. The van der Waals surface area contributed by atoms with Crippen LogP contribution in [-0.2, 0) is 9.84 Å². The van der Waals surface area contributed by atoms with E-state index in [1.807, 2.05) is 30.3 Å². The molecule has 3 aromatic rings. The fraction of sp³-hybridized carbons (Fsp3) is 0.0714. The third kappa shape index (κ3) is 2.02. The van der Waals surface area contributed by atoms with Gasteiger partial charge in [-0.1, -0.05) is 30.3 Å². The van der Waals surface area contributed by atoms with Crippen molar-refractivity contribution in [2.75, 3.05) is 6.26 Å². The van der Waals surface area contributed by atoms with Gasteiger partial charge in [0.15, 0.2) is 15.6 Å². The van der Waals surface area contributed by atoms with E-state index < -0.39 is 9.84 Å². The van der Waals surface area contributed by atoms with Crippen molar-refractivity contribution in [3.63, 3.8) is 0 Å². The summed E-state index contributed by atoms with van der Waals surface area (Å²) >= 11 is 0. The Morgan fingerprint density at radius 2 is 1.84 bits per heavy atom. The van der Waals surface area contributed by atoms with Crippen molar-refractivity contribution < 1.29 is 12.8 Å². The minimum absolute atomic E-state index is 0.196. The van der Waals surface area contributed by atoms with Gasteiger partial charge in [-0.25, -0.2) is 8.42 Å². The molecular formula is C14H11NO3S. The van der Waals surface area contributed by atoms with Crippen LogP contribution in [0.5, 0.6) is 0 Å². The van der Waals surface area contributed by atoms with E-state index in [0.717, 1.165) is 5.56 Å². The summed E-state index contributed by atoms with van der Waals surface area (Å²) in [6.07, 6.45) is 4.27. The molecule has 0 aliphatic carbocycles. The number of hydrogen-bond donors (Lipinski definition) is 0. The van der Waals surface area contributed by atoms with E-state index in [9.17, 15) is 8.42 Å². The summed E-state index contributed by atoms with van der Waals surface area (Å²) < 4.78 is 29.7. The highest BCUT2D eigenvalue weighted by atomic mass is 32.2. The fourth-order valence-electron chi connectivity index (χ4n) is 2.07. The Bertz CT molecular complexity index is 836. The maximum atomic E-state index is 12.0. The second-order valence-electron chi connectivity index (χ2n) is 4.27. The maximum absolute atomic E-state index is 12.0. The van der Waals surface area contributed by atoms with Gasteiger partial charge >= 0.3 is 0 Å². The van der Waals surface area contributed by atoms with Gasteiger partial charge < -0.3 is 4.42 Å². The van der Waals surface area contributed by atoms with Crippen LogP contribution in [0.2, 0.25) is 0 Å². The predicted octanol–water partition coefficient (Wildman–Crippen LogP) is 2.90. The Balaban J connectivity index is 2.43. The van der Waals surface area contributed by atoms with E-state index in [1.54, 1.807) is 12.3 Å². The normalized spacial score (nSPS) is 11.8. The van der Waals surface area contributed by atoms with Crippen LogP contribution in [0.3, 0.4) is 0 Å². The highest BCUT2D eigenvalue weighted by Gasteiger charge is 2.23. The molecule has 4 nitrogen and oxygen atoms in total. The van der Waals surface area contributed by atoms with Gasteiger partial charge in [0.1, 0.15) is 10.5 Å². The van der Waals surface area contributed by atoms with Crippen LogP contribution < -0.4 is 0 Å². The molecule has 0 unspecified atom stereocenters. The van der Waals surface area contributed by atoms with E-state index >= 15 is 0 Å². The first-order valence-corrected chi connectivity index (χ1v) is 7.58. The quantitative estimate of drug-likeness (QED) is 0.720. The van der Waals surface area contributed by atoms with Crippen molar-refractivity contribution in [3.05, 3.63) is 48.8 Å². The highest BCUT2D eigenvalue weighted by molar-refractivity contribution is 7.91. The summed E-state index contributed by atoms with van der Waals surface area (Å²) in [6, 6.07) is 10.9. The third-order valence-corrected chi connectivity index (χ3v) is 4.00. The molecule has 0 saturated heterocycles. The van der Waals surface area contributed by atoms with Crippen LogP contribution in [0.4, 0.5) is 0 Å². The smallest absolute Gasteiger partial charge is 0.180 e. The van der Waals surface area contributed by atoms with Crippen LogP contribution >= 0.6 is 0 Å². The number of benzene rings is 1. The Labute approximate surface area is 110 Å². The first-order valence-electron chi connectivity index (χ1n) is 5.69. The molecule has 0 aliphatic heterocycles. The molecule has 0 bridgehead atoms. The Hall–Kier alpha value is -2.14. The summed E-state index contributed by atoms with van der Waals surface area (Å²) in [5, 5.41) is 0.517. The largest absolute Gasteiger partial charge is 0.455 e. The average Bonchev–Trinajstić information content (AvgIpc) is 2.79. The number of pyridine rings is 1. The molecular weight excluding hydrogens is 262 g/mol. The van der Waals surface area contributed by atoms with Crippen LogP contribution in [0.15, 0.2) is 58.1 Å². The average molecular weight is 273 g/mol. The second-order valence-corrected chi connectivity index (χ2v) is 6.22. The van der Waals surface area contributed by atoms with E-state index in [4.69, 9.17) is 4.42 Å². The third-order valence-electron chi connectivity index (χ3n) is 2.85. The van der Waals surface area contributed by atoms with Crippen LogP contribution in [-0.4, -0.2) is 19.7 Å². The van der Waals surface area contributed by atoms with Crippen LogP contribution in [0.25, 0.3) is 22.3 Å². The van der Waals surface area contributed by atoms with Gasteiger partial charge in [-0.3, -0.25) is 4.98 Å². The lowest BCUT2D eigenvalue weighted by Crippen LogP contribution is -1.98. The molecule has 19 heavy (non-hydrogen) atoms. The first kappa shape index (κ1) is 11.9. The van der Waals surface area contributed by atoms with Crippen molar-refractivity contribution in [2.24, 2.45) is 0 Å². The van der Waals surface area contributed by atoms with Crippen molar-refractivity contribution in [3.8, 4) is 11.3 Å². The van der Waals surface area contributed by atoms with E-state index in [0.29, 0.717) is 16.7 Å². The van der Waals surface area contributed by atoms with E-state index in [1.165, 1.54) is 12.5 Å². The zero-order valence-electron chi connectivity index (χ0n) is 10.2. The number of rotatable bonds is 2. The van der Waals surface area contributed by atoms with Crippen molar-refractivity contribution in [1.29, 1.82) is 0 Å². The highest BCUT2D eigenvalue weighted by Crippen LogP contribution is 2.36. The Morgan fingerprint density at radius 3 is 2.53 bits per heavy atom. The summed E-state index contributed by atoms with van der Waals surface area (Å²) in [4.78, 5) is 4.17. The molecule has 1 aromatic carbocycles. The standard InChI is InChI=1S/C14H11NO3S/c1-19(16,17)14-11-9-15-8-7-12(11)18-13(14)10-5-3-2-4-6-10/h2-9H,1H3. The molecule has 0 saturated carbocycles. The summed E-state index contributed by atoms with van der Waals surface area (Å²) in [6.45, 7) is 0. The molecule has 2 aromatic heterocycles. The summed E-state index contributed by atoms with van der Waals surface area (Å²) in [5.74, 6) is 0.367. The van der Waals surface area contributed by atoms with Gasteiger partial charge in [-0.15, -0.1) is 0 Å². The Kier molecular flexibility index (Phi) is 2.64. The van der Waals surface area contributed by atoms with E-state index in [2.05, 4.69) is 4.98 Å². The number of hydrogen-bond acceptors (Lipinski definition) is 4. The summed E-state index contributed by atoms with van der Waals surface area (Å²) in [7, 11) is -3.40. The molecule has 0 radical (unpaired) electrons. The van der Waals surface area contributed by atoms with Crippen molar-refractivity contribution >= 4 is 20.8 Å². The molecule has 0 aliphatic rings. The lowest BCUT2D eigenvalue weighted by molar-refractivity contribution is 0.595. The molecule has 0 fully saturated rings. The second kappa shape index (κ2) is 4.20. The first-order chi connectivity index (χ1) is 9.07. The number of aromatic nitrogens is 1. The lowest BCUT2D eigenvalue weighted by atomic mass is 10.1. The zero-order valence-corrected chi connectivity index (χ0v) is 11.0. The van der Waals surface area contributed by atoms with Crippen molar-refractivity contribution in [2.45, 2.75) is 4.90 Å². The fourth-order valence-corrected chi connectivity index (χ4v) is 3.12. The topological polar surface area (TPSA) is 60.2 Å². The van der Waals surface area contributed by atoms with Gasteiger partial charge in [-0.2, -0.15) is 0 Å². The Morgan fingerprint density at radius 1 is 1.11 bits per heavy atom. The molecule has 5 heteroatoms. The van der Waals surface area contributed by atoms with E-state index in [-0.39, 0.29) is 4.90 Å². The number of fused-ring (bicyclic) bond motifs is 1. The molecule has 96 valence electrons. The monoisotopic (exact) mass is 273 g/mol. The molecule has 3 rings (SSSR count). The lowest BCUT2D eigenvalue weighted by Gasteiger charge is -2.00. The zero-order chi connectivity index (χ0) is 13.5. The molecule has 0 amide bonds. The SMILES string of the molecule is CS(=O)(=O)c1c(-c2ccccc2)oc2ccncc12. The van der Waals surface area contributed by atoms with Crippen LogP contribution in [0.1, 0.15) is 0 Å². The molecule has 0 atom stereocenters. The summed E-state index contributed by atoms with van der Waals surface area (Å²) in [5.41, 5.74) is 1.26. The minimum Gasteiger partial charge on any atom is -0.455 e. The van der Waals surface area contributed by atoms with Crippen molar-refractivity contribution in [1.82, 2.24) is 4.98 Å². The molecule has 0 spiro atoms. The van der Waals surface area contributed by atoms with Gasteiger partial charge in [0.2, 0.25) is 0 Å². The van der Waals surface area contributed by atoms with Gasteiger partial charge in [0.25, 0.3) is 0 Å². The van der Waals surface area contributed by atoms with Crippen LogP contribution in [0, 0.1) is 0 Å². The predicted molar refractivity (Wildman–Crippen MR) is 72.6 cm³/mol. The van der Waals surface area contributed by atoms with Gasteiger partial charge in [0.05, 0.1) is 5.39 Å². The maximum Gasteiger partial charge on any atom is 0.180 e.